The number of pyridine rings is 1. The van der Waals surface area contributed by atoms with Crippen LogP contribution in [-0.2, 0) is 0 Å². The summed E-state index contributed by atoms with van der Waals surface area (Å²) in [6.45, 7) is 0. The fourth-order valence-corrected chi connectivity index (χ4v) is 2.38. The monoisotopic (exact) mass is 289 g/mol. The second-order valence-electron chi connectivity index (χ2n) is 4.13. The molecule has 0 saturated heterocycles. The van der Waals surface area contributed by atoms with Crippen LogP contribution in [0.4, 0.5) is 0 Å². The van der Waals surface area contributed by atoms with Gasteiger partial charge in [-0.3, -0.25) is 0 Å². The van der Waals surface area contributed by atoms with Crippen LogP contribution in [0.25, 0.3) is 6.08 Å². The van der Waals surface area contributed by atoms with E-state index in [9.17, 15) is 0 Å². The average Bonchev–Trinajstić information content (AvgIpc) is 2.39. The first kappa shape index (κ1) is 10.8. The van der Waals surface area contributed by atoms with Crippen LogP contribution in [0.3, 0.4) is 0 Å². The molecule has 0 radical (unpaired) electrons. The molecule has 3 heteroatoms. The van der Waals surface area contributed by atoms with E-state index >= 15 is 0 Å². The van der Waals surface area contributed by atoms with Crippen molar-refractivity contribution in [1.82, 2.24) is 4.98 Å². The van der Waals surface area contributed by atoms with Gasteiger partial charge in [0.25, 0.3) is 0 Å². The summed E-state index contributed by atoms with van der Waals surface area (Å²) >= 11 is 3.41. The van der Waals surface area contributed by atoms with Gasteiger partial charge in [0.15, 0.2) is 0 Å². The molecule has 0 saturated carbocycles. The fraction of sp³-hybridized carbons (Fsp3) is 0.214. The summed E-state index contributed by atoms with van der Waals surface area (Å²) in [7, 11) is 0. The van der Waals surface area contributed by atoms with E-state index in [1.54, 1.807) is 6.20 Å². The highest BCUT2D eigenvalue weighted by Crippen LogP contribution is 2.29. The topological polar surface area (TPSA) is 22.1 Å². The van der Waals surface area contributed by atoms with Crippen LogP contribution in [0, 0.1) is 0 Å². The third-order valence-electron chi connectivity index (χ3n) is 2.89. The van der Waals surface area contributed by atoms with Crippen LogP contribution in [0.15, 0.2) is 46.6 Å². The van der Waals surface area contributed by atoms with Crippen LogP contribution in [0.5, 0.6) is 5.88 Å². The lowest BCUT2D eigenvalue weighted by Gasteiger charge is -2.22. The van der Waals surface area contributed by atoms with Gasteiger partial charge >= 0.3 is 0 Å². The molecule has 1 aliphatic heterocycles. The van der Waals surface area contributed by atoms with Crippen molar-refractivity contribution in [3.05, 3.63) is 52.2 Å². The molecule has 0 fully saturated rings. The fourth-order valence-electron chi connectivity index (χ4n) is 2.03. The average molecular weight is 290 g/mol. The SMILES string of the molecule is Brc1cnc2c(c1)C=CC(C1=CCCC=C1)O2. The highest BCUT2D eigenvalue weighted by Gasteiger charge is 2.18. The minimum Gasteiger partial charge on any atom is -0.465 e. The van der Waals surface area contributed by atoms with Gasteiger partial charge in [0, 0.05) is 16.2 Å². The molecular weight excluding hydrogens is 278 g/mol. The number of rotatable bonds is 1. The van der Waals surface area contributed by atoms with E-state index in [1.165, 1.54) is 5.57 Å². The van der Waals surface area contributed by atoms with Gasteiger partial charge in [0.2, 0.25) is 5.88 Å². The molecule has 2 nitrogen and oxygen atoms in total. The normalized spacial score (nSPS) is 21.7. The number of hydrogen-bond acceptors (Lipinski definition) is 2. The summed E-state index contributed by atoms with van der Waals surface area (Å²) < 4.78 is 6.86. The predicted octanol–water partition coefficient (Wildman–Crippen LogP) is 3.89. The molecule has 1 aromatic heterocycles. The maximum Gasteiger partial charge on any atom is 0.221 e. The van der Waals surface area contributed by atoms with Crippen molar-refractivity contribution in [2.45, 2.75) is 18.9 Å². The molecule has 86 valence electrons. The lowest BCUT2D eigenvalue weighted by Crippen LogP contribution is -2.20. The van der Waals surface area contributed by atoms with E-state index in [2.05, 4.69) is 51.3 Å². The zero-order valence-electron chi connectivity index (χ0n) is 9.27. The van der Waals surface area contributed by atoms with Gasteiger partial charge in [-0.05, 0) is 52.6 Å². The Balaban J connectivity index is 1.88. The maximum absolute atomic E-state index is 5.89. The molecule has 0 spiro atoms. The first-order valence-electron chi connectivity index (χ1n) is 5.70. The van der Waals surface area contributed by atoms with Crippen LogP contribution >= 0.6 is 15.9 Å². The highest BCUT2D eigenvalue weighted by molar-refractivity contribution is 9.10. The van der Waals surface area contributed by atoms with Gasteiger partial charge in [-0.15, -0.1) is 0 Å². The van der Waals surface area contributed by atoms with Crippen molar-refractivity contribution in [2.24, 2.45) is 0 Å². The van der Waals surface area contributed by atoms with E-state index < -0.39 is 0 Å². The molecule has 1 unspecified atom stereocenters. The Morgan fingerprint density at radius 1 is 1.29 bits per heavy atom. The number of allylic oxidation sites excluding steroid dienone is 2. The predicted molar refractivity (Wildman–Crippen MR) is 71.8 cm³/mol. The summed E-state index contributed by atoms with van der Waals surface area (Å²) in [5.41, 5.74) is 2.25. The molecule has 2 aliphatic rings. The number of aromatic nitrogens is 1. The highest BCUT2D eigenvalue weighted by atomic mass is 79.9. The zero-order valence-corrected chi connectivity index (χ0v) is 10.9. The Morgan fingerprint density at radius 2 is 2.24 bits per heavy atom. The molecule has 17 heavy (non-hydrogen) atoms. The second-order valence-corrected chi connectivity index (χ2v) is 5.05. The number of ether oxygens (including phenoxy) is 1. The number of nitrogens with zero attached hydrogens (tertiary/aromatic N) is 1. The molecule has 1 aliphatic carbocycles. The quantitative estimate of drug-likeness (QED) is 0.782. The Labute approximate surface area is 109 Å². The minimum absolute atomic E-state index is 0.00715. The van der Waals surface area contributed by atoms with Crippen LogP contribution in [0.2, 0.25) is 0 Å². The Morgan fingerprint density at radius 3 is 3.06 bits per heavy atom. The maximum atomic E-state index is 5.89. The largest absolute Gasteiger partial charge is 0.465 e. The Kier molecular flexibility index (Phi) is 2.85. The smallest absolute Gasteiger partial charge is 0.221 e. The molecular formula is C14H12BrNO. The van der Waals surface area contributed by atoms with E-state index in [0.717, 1.165) is 22.9 Å². The lowest BCUT2D eigenvalue weighted by molar-refractivity contribution is 0.271. The number of hydrogen-bond donors (Lipinski definition) is 0. The molecule has 1 atom stereocenters. The third kappa shape index (κ3) is 2.20. The molecule has 0 aromatic carbocycles. The van der Waals surface area contributed by atoms with Crippen LogP contribution < -0.4 is 4.74 Å². The zero-order chi connectivity index (χ0) is 11.7. The lowest BCUT2D eigenvalue weighted by atomic mass is 10.00. The van der Waals surface area contributed by atoms with Gasteiger partial charge in [-0.2, -0.15) is 0 Å². The van der Waals surface area contributed by atoms with E-state index in [4.69, 9.17) is 4.74 Å². The Bertz CT molecular complexity index is 531. The summed E-state index contributed by atoms with van der Waals surface area (Å²) in [6.07, 6.45) is 14.7. The van der Waals surface area contributed by atoms with Crippen LogP contribution in [0.1, 0.15) is 18.4 Å². The third-order valence-corrected chi connectivity index (χ3v) is 3.32. The molecule has 2 heterocycles. The minimum atomic E-state index is 0.00715. The Hall–Kier alpha value is -1.35. The molecule has 3 rings (SSSR count). The van der Waals surface area contributed by atoms with Gasteiger partial charge in [-0.1, -0.05) is 18.2 Å². The van der Waals surface area contributed by atoms with Crippen molar-refractivity contribution in [3.63, 3.8) is 0 Å². The van der Waals surface area contributed by atoms with Crippen molar-refractivity contribution in [3.8, 4) is 5.88 Å². The van der Waals surface area contributed by atoms with Gasteiger partial charge in [0.1, 0.15) is 6.10 Å². The summed E-state index contributed by atoms with van der Waals surface area (Å²) in [5.74, 6) is 0.709. The van der Waals surface area contributed by atoms with E-state index in [0.29, 0.717) is 5.88 Å². The van der Waals surface area contributed by atoms with Gasteiger partial charge in [0.05, 0.1) is 0 Å². The molecule has 1 aromatic rings. The van der Waals surface area contributed by atoms with E-state index in [-0.39, 0.29) is 6.10 Å². The first-order valence-corrected chi connectivity index (χ1v) is 6.49. The first-order chi connectivity index (χ1) is 8.33. The number of halogens is 1. The van der Waals surface area contributed by atoms with Gasteiger partial charge < -0.3 is 4.74 Å². The summed E-state index contributed by atoms with van der Waals surface area (Å²) in [4.78, 5) is 4.29. The van der Waals surface area contributed by atoms with Crippen LogP contribution in [-0.4, -0.2) is 11.1 Å². The summed E-state index contributed by atoms with van der Waals surface area (Å²) in [6, 6.07) is 2.01. The summed E-state index contributed by atoms with van der Waals surface area (Å²) in [5, 5.41) is 0. The molecule has 0 N–H and O–H groups in total. The van der Waals surface area contributed by atoms with Crippen molar-refractivity contribution in [2.75, 3.05) is 0 Å². The van der Waals surface area contributed by atoms with E-state index in [1.807, 2.05) is 6.07 Å². The van der Waals surface area contributed by atoms with Crippen molar-refractivity contribution in [1.29, 1.82) is 0 Å². The molecule has 0 bridgehead atoms. The molecule has 0 amide bonds. The second kappa shape index (κ2) is 4.49. The van der Waals surface area contributed by atoms with Crippen molar-refractivity contribution < 1.29 is 4.74 Å². The number of fused-ring (bicyclic) bond motifs is 1. The van der Waals surface area contributed by atoms with Crippen molar-refractivity contribution >= 4 is 22.0 Å². The van der Waals surface area contributed by atoms with Gasteiger partial charge in [-0.25, -0.2) is 4.98 Å². The standard InChI is InChI=1S/C14H12BrNO/c15-12-8-11-6-7-13(17-14(11)16-9-12)10-4-2-1-3-5-10/h2,4-9,13H,1,3H2.